The molecule has 0 atom stereocenters. The third kappa shape index (κ3) is 3.60. The Hall–Kier alpha value is -2.35. The number of hydrogen-bond donors (Lipinski definition) is 2. The first-order chi connectivity index (χ1) is 9.77. The summed E-state index contributed by atoms with van der Waals surface area (Å²) in [6.45, 7) is 0. The monoisotopic (exact) mass is 317 g/mol. The molecule has 0 bridgehead atoms. The van der Waals surface area contributed by atoms with Crippen LogP contribution < -0.4 is 5.32 Å². The van der Waals surface area contributed by atoms with Crippen molar-refractivity contribution in [3.63, 3.8) is 0 Å². The molecule has 0 aliphatic carbocycles. The van der Waals surface area contributed by atoms with E-state index in [9.17, 15) is 18.0 Å². The van der Waals surface area contributed by atoms with Gasteiger partial charge in [0.15, 0.2) is 5.69 Å². The number of alkyl halides is 3. The number of benzene rings is 1. The first kappa shape index (κ1) is 15.0. The number of aromatic nitrogens is 2. The molecule has 21 heavy (non-hydrogen) atoms. The third-order valence-electron chi connectivity index (χ3n) is 2.41. The van der Waals surface area contributed by atoms with Crippen molar-refractivity contribution in [3.8, 4) is 0 Å². The Kier molecular flexibility index (Phi) is 3.99. The van der Waals surface area contributed by atoms with E-state index in [-0.39, 0.29) is 22.2 Å². The van der Waals surface area contributed by atoms with Gasteiger partial charge < -0.3 is 10.4 Å². The van der Waals surface area contributed by atoms with Crippen molar-refractivity contribution in [1.82, 2.24) is 9.97 Å². The average Bonchev–Trinajstić information content (AvgIpc) is 2.40. The van der Waals surface area contributed by atoms with Crippen molar-refractivity contribution >= 4 is 29.1 Å². The summed E-state index contributed by atoms with van der Waals surface area (Å²) in [6.07, 6.45) is -2.23. The van der Waals surface area contributed by atoms with Crippen LogP contribution in [-0.2, 0) is 6.18 Å². The van der Waals surface area contributed by atoms with Gasteiger partial charge in [-0.2, -0.15) is 13.2 Å². The zero-order chi connectivity index (χ0) is 15.6. The van der Waals surface area contributed by atoms with Gasteiger partial charge >= 0.3 is 12.1 Å². The van der Waals surface area contributed by atoms with Gasteiger partial charge in [-0.25, -0.2) is 9.78 Å². The van der Waals surface area contributed by atoms with Crippen LogP contribution in [0.1, 0.15) is 16.1 Å². The Labute approximate surface area is 121 Å². The van der Waals surface area contributed by atoms with Gasteiger partial charge in [-0.1, -0.05) is 11.6 Å². The molecular weight excluding hydrogens is 311 g/mol. The molecule has 0 unspecified atom stereocenters. The van der Waals surface area contributed by atoms with E-state index in [1.54, 1.807) is 0 Å². The van der Waals surface area contributed by atoms with Gasteiger partial charge in [0.05, 0.1) is 28.7 Å². The van der Waals surface area contributed by atoms with Gasteiger partial charge in [-0.05, 0) is 18.2 Å². The van der Waals surface area contributed by atoms with Crippen LogP contribution in [0.25, 0.3) is 0 Å². The minimum absolute atomic E-state index is 0.0524. The van der Waals surface area contributed by atoms with Crippen molar-refractivity contribution in [2.24, 2.45) is 0 Å². The highest BCUT2D eigenvalue weighted by Gasteiger charge is 2.30. The topological polar surface area (TPSA) is 75.1 Å². The average molecular weight is 318 g/mol. The molecule has 9 heteroatoms. The number of halogens is 4. The summed E-state index contributed by atoms with van der Waals surface area (Å²) >= 11 is 5.76. The Bertz CT molecular complexity index is 692. The second kappa shape index (κ2) is 5.57. The van der Waals surface area contributed by atoms with Crippen molar-refractivity contribution in [1.29, 1.82) is 0 Å². The number of carboxylic acids is 1. The normalized spacial score (nSPS) is 11.2. The molecule has 0 aliphatic rings. The summed E-state index contributed by atoms with van der Waals surface area (Å²) in [6, 6.07) is 2.74. The summed E-state index contributed by atoms with van der Waals surface area (Å²) in [5.41, 5.74) is -1.03. The first-order valence-corrected chi connectivity index (χ1v) is 5.84. The maximum absolute atomic E-state index is 12.5. The Balaban J connectivity index is 2.28. The number of hydrogen-bond acceptors (Lipinski definition) is 4. The highest BCUT2D eigenvalue weighted by Crippen LogP contribution is 2.34. The van der Waals surface area contributed by atoms with Crippen LogP contribution in [0.5, 0.6) is 0 Å². The summed E-state index contributed by atoms with van der Waals surface area (Å²) < 4.78 is 37.5. The van der Waals surface area contributed by atoms with Gasteiger partial charge in [0, 0.05) is 0 Å². The third-order valence-corrected chi connectivity index (χ3v) is 2.73. The zero-order valence-corrected chi connectivity index (χ0v) is 10.9. The summed E-state index contributed by atoms with van der Waals surface area (Å²) in [4.78, 5) is 18.1. The van der Waals surface area contributed by atoms with E-state index in [0.717, 1.165) is 24.4 Å². The van der Waals surface area contributed by atoms with Crippen molar-refractivity contribution in [2.75, 3.05) is 5.32 Å². The van der Waals surface area contributed by atoms with Crippen molar-refractivity contribution in [3.05, 3.63) is 46.9 Å². The maximum Gasteiger partial charge on any atom is 0.416 e. The van der Waals surface area contributed by atoms with Gasteiger partial charge in [0.1, 0.15) is 5.82 Å². The molecule has 0 spiro atoms. The minimum atomic E-state index is -4.49. The molecule has 0 saturated heterocycles. The standard InChI is InChI=1S/C12H7ClF3N3O2/c13-7-3-6(12(14,15)16)1-2-8(7)18-10-5-17-4-9(19-10)11(20)21/h1-5H,(H,18,19)(H,20,21). The lowest BCUT2D eigenvalue weighted by Crippen LogP contribution is -2.06. The zero-order valence-electron chi connectivity index (χ0n) is 10.1. The quantitative estimate of drug-likeness (QED) is 0.904. The van der Waals surface area contributed by atoms with Crippen LogP contribution in [0.3, 0.4) is 0 Å². The van der Waals surface area contributed by atoms with E-state index < -0.39 is 17.7 Å². The number of anilines is 2. The molecule has 1 aromatic carbocycles. The van der Waals surface area contributed by atoms with Gasteiger partial charge in [-0.15, -0.1) is 0 Å². The highest BCUT2D eigenvalue weighted by atomic mass is 35.5. The Morgan fingerprint density at radius 3 is 2.57 bits per heavy atom. The number of nitrogens with zero attached hydrogens (tertiary/aromatic N) is 2. The molecule has 2 N–H and O–H groups in total. The number of carboxylic acid groups (broad SMARTS) is 1. The fourth-order valence-corrected chi connectivity index (χ4v) is 1.69. The van der Waals surface area contributed by atoms with Crippen LogP contribution in [0.2, 0.25) is 5.02 Å². The molecule has 2 aromatic rings. The molecule has 0 amide bonds. The maximum atomic E-state index is 12.5. The van der Waals surface area contributed by atoms with E-state index in [4.69, 9.17) is 16.7 Å². The molecule has 0 fully saturated rings. The highest BCUT2D eigenvalue weighted by molar-refractivity contribution is 6.33. The SMILES string of the molecule is O=C(O)c1cncc(Nc2ccc(C(F)(F)F)cc2Cl)n1. The van der Waals surface area contributed by atoms with E-state index in [1.807, 2.05) is 0 Å². The van der Waals surface area contributed by atoms with Crippen LogP contribution in [0.15, 0.2) is 30.6 Å². The molecule has 1 aromatic heterocycles. The molecule has 2 rings (SSSR count). The minimum Gasteiger partial charge on any atom is -0.476 e. The fourth-order valence-electron chi connectivity index (χ4n) is 1.46. The molecule has 0 radical (unpaired) electrons. The van der Waals surface area contributed by atoms with Crippen LogP contribution >= 0.6 is 11.6 Å². The number of carbonyl (C=O) groups is 1. The predicted molar refractivity (Wildman–Crippen MR) is 68.7 cm³/mol. The van der Waals surface area contributed by atoms with Gasteiger partial charge in [-0.3, -0.25) is 4.98 Å². The van der Waals surface area contributed by atoms with E-state index in [0.29, 0.717) is 0 Å². The van der Waals surface area contributed by atoms with Gasteiger partial charge in [0.25, 0.3) is 0 Å². The molecule has 0 aliphatic heterocycles. The summed E-state index contributed by atoms with van der Waals surface area (Å²) in [5, 5.41) is 11.2. The summed E-state index contributed by atoms with van der Waals surface area (Å²) in [5.74, 6) is -1.22. The number of aromatic carboxylic acids is 1. The van der Waals surface area contributed by atoms with E-state index in [2.05, 4.69) is 15.3 Å². The lowest BCUT2D eigenvalue weighted by atomic mass is 10.2. The van der Waals surface area contributed by atoms with Crippen LogP contribution in [0.4, 0.5) is 24.7 Å². The molecule has 1 heterocycles. The Morgan fingerprint density at radius 2 is 2.00 bits per heavy atom. The number of nitrogens with one attached hydrogen (secondary N) is 1. The molecule has 0 saturated carbocycles. The van der Waals surface area contributed by atoms with E-state index in [1.165, 1.54) is 6.20 Å². The molecule has 110 valence electrons. The van der Waals surface area contributed by atoms with Gasteiger partial charge in [0.2, 0.25) is 0 Å². The lowest BCUT2D eigenvalue weighted by molar-refractivity contribution is -0.137. The second-order valence-corrected chi connectivity index (χ2v) is 4.32. The van der Waals surface area contributed by atoms with Crippen molar-refractivity contribution < 1.29 is 23.1 Å². The number of rotatable bonds is 3. The van der Waals surface area contributed by atoms with Crippen LogP contribution in [-0.4, -0.2) is 21.0 Å². The fraction of sp³-hybridized carbons (Fsp3) is 0.0833. The van der Waals surface area contributed by atoms with E-state index >= 15 is 0 Å². The predicted octanol–water partition coefficient (Wildman–Crippen LogP) is 3.59. The molecular formula is C12H7ClF3N3O2. The second-order valence-electron chi connectivity index (χ2n) is 3.91. The smallest absolute Gasteiger partial charge is 0.416 e. The largest absolute Gasteiger partial charge is 0.476 e. The van der Waals surface area contributed by atoms with Crippen molar-refractivity contribution in [2.45, 2.75) is 6.18 Å². The lowest BCUT2D eigenvalue weighted by Gasteiger charge is -2.11. The van der Waals surface area contributed by atoms with Crippen LogP contribution in [0, 0.1) is 0 Å². The summed E-state index contributed by atoms with van der Waals surface area (Å²) in [7, 11) is 0. The first-order valence-electron chi connectivity index (χ1n) is 5.46. The Morgan fingerprint density at radius 1 is 1.29 bits per heavy atom. The molecule has 5 nitrogen and oxygen atoms in total.